The highest BCUT2D eigenvalue weighted by atomic mass is 16.2. The van der Waals surface area contributed by atoms with Gasteiger partial charge in [-0.1, -0.05) is 72.8 Å². The van der Waals surface area contributed by atoms with Crippen LogP contribution < -0.4 is 22.1 Å². The molecule has 1 aliphatic rings. The predicted molar refractivity (Wildman–Crippen MR) is 181 cm³/mol. The lowest BCUT2D eigenvalue weighted by Gasteiger charge is -2.34. The van der Waals surface area contributed by atoms with Gasteiger partial charge in [-0.15, -0.1) is 0 Å². The standard InChI is InChI=1S/C39H30N4O2/c40-29-17-21-31(22-18-29)42-37(44)25-9-13-27(14-10-25)39(35-7-3-1-5-33(35)34-6-2-4-8-36(34)39)28-15-11-26(12-16-28)38(45)43-32-23-19-30(41)20-24-32/h1-24H,40-41H2,(H,42,44)(H,43,45). The summed E-state index contributed by atoms with van der Waals surface area (Å²) in [6.45, 7) is 0. The minimum absolute atomic E-state index is 0.205. The van der Waals surface area contributed by atoms with Crippen molar-refractivity contribution in [3.63, 3.8) is 0 Å². The predicted octanol–water partition coefficient (Wildman–Crippen LogP) is 7.72. The Morgan fingerprint density at radius 3 is 1.18 bits per heavy atom. The van der Waals surface area contributed by atoms with Crippen molar-refractivity contribution in [2.45, 2.75) is 5.41 Å². The van der Waals surface area contributed by atoms with Crippen LogP contribution in [0.3, 0.4) is 0 Å². The first-order valence-corrected chi connectivity index (χ1v) is 14.7. The molecular weight excluding hydrogens is 556 g/mol. The van der Waals surface area contributed by atoms with Gasteiger partial charge < -0.3 is 22.1 Å². The Balaban J connectivity index is 1.29. The Morgan fingerprint density at radius 1 is 0.444 bits per heavy atom. The molecule has 0 saturated heterocycles. The lowest BCUT2D eigenvalue weighted by Crippen LogP contribution is -2.29. The molecule has 0 saturated carbocycles. The number of nitrogens with one attached hydrogen (secondary N) is 2. The summed E-state index contributed by atoms with van der Waals surface area (Å²) in [7, 11) is 0. The highest BCUT2D eigenvalue weighted by Crippen LogP contribution is 2.55. The van der Waals surface area contributed by atoms with Gasteiger partial charge in [-0.25, -0.2) is 0 Å². The zero-order chi connectivity index (χ0) is 31.0. The van der Waals surface area contributed by atoms with Crippen molar-refractivity contribution in [3.8, 4) is 11.1 Å². The van der Waals surface area contributed by atoms with Gasteiger partial charge in [0.2, 0.25) is 0 Å². The number of amides is 2. The zero-order valence-corrected chi connectivity index (χ0v) is 24.3. The average Bonchev–Trinajstić information content (AvgIpc) is 3.38. The number of hydrogen-bond donors (Lipinski definition) is 4. The second kappa shape index (κ2) is 11.2. The molecule has 7 rings (SSSR count). The summed E-state index contributed by atoms with van der Waals surface area (Å²) in [5, 5.41) is 5.89. The molecule has 218 valence electrons. The number of fused-ring (bicyclic) bond motifs is 3. The molecule has 2 amide bonds. The summed E-state index contributed by atoms with van der Waals surface area (Å²) in [4.78, 5) is 26.3. The normalized spacial score (nSPS) is 12.5. The lowest BCUT2D eigenvalue weighted by molar-refractivity contribution is 0.101. The van der Waals surface area contributed by atoms with Crippen LogP contribution >= 0.6 is 0 Å². The van der Waals surface area contributed by atoms with Gasteiger partial charge in [0, 0.05) is 33.9 Å². The lowest BCUT2D eigenvalue weighted by atomic mass is 9.67. The van der Waals surface area contributed by atoms with E-state index in [0.29, 0.717) is 33.9 Å². The van der Waals surface area contributed by atoms with Gasteiger partial charge in [0.25, 0.3) is 11.8 Å². The minimum atomic E-state index is -0.662. The van der Waals surface area contributed by atoms with Gasteiger partial charge in [0.05, 0.1) is 5.41 Å². The molecule has 0 unspecified atom stereocenters. The summed E-state index contributed by atoms with van der Waals surface area (Å²) >= 11 is 0. The van der Waals surface area contributed by atoms with Crippen LogP contribution in [-0.4, -0.2) is 11.8 Å². The SMILES string of the molecule is Nc1ccc(NC(=O)c2ccc(C3(c4ccc(C(=O)Nc5ccc(N)cc5)cc4)c4ccccc4-c4ccccc43)cc2)cc1. The molecule has 6 heteroatoms. The van der Waals surface area contributed by atoms with Crippen LogP contribution in [0.2, 0.25) is 0 Å². The molecular formula is C39H30N4O2. The topological polar surface area (TPSA) is 110 Å². The third-order valence-corrected chi connectivity index (χ3v) is 8.45. The maximum atomic E-state index is 13.1. The van der Waals surface area contributed by atoms with Gasteiger partial charge >= 0.3 is 0 Å². The molecule has 6 N–H and O–H groups in total. The smallest absolute Gasteiger partial charge is 0.255 e. The molecule has 0 aliphatic heterocycles. The number of nitrogens with two attached hydrogens (primary N) is 2. The summed E-state index contributed by atoms with van der Waals surface area (Å²) in [6, 6.07) is 46.6. The van der Waals surface area contributed by atoms with E-state index in [-0.39, 0.29) is 11.8 Å². The third-order valence-electron chi connectivity index (χ3n) is 8.45. The second-order valence-electron chi connectivity index (χ2n) is 11.1. The molecule has 0 fully saturated rings. The molecule has 0 bridgehead atoms. The minimum Gasteiger partial charge on any atom is -0.399 e. The molecule has 6 nitrogen and oxygen atoms in total. The highest BCUT2D eigenvalue weighted by molar-refractivity contribution is 6.05. The molecule has 1 aliphatic carbocycles. The number of hydrogen-bond acceptors (Lipinski definition) is 4. The Bertz CT molecular complexity index is 1880. The van der Waals surface area contributed by atoms with Crippen LogP contribution in [0.5, 0.6) is 0 Å². The molecule has 6 aromatic carbocycles. The van der Waals surface area contributed by atoms with Crippen LogP contribution in [0.1, 0.15) is 43.0 Å². The monoisotopic (exact) mass is 586 g/mol. The fraction of sp³-hybridized carbons (Fsp3) is 0.0256. The van der Waals surface area contributed by atoms with Crippen molar-refractivity contribution < 1.29 is 9.59 Å². The van der Waals surface area contributed by atoms with Gasteiger partial charge in [-0.2, -0.15) is 0 Å². The summed E-state index contributed by atoms with van der Waals surface area (Å²) in [6.07, 6.45) is 0. The molecule has 6 aromatic rings. The fourth-order valence-corrected chi connectivity index (χ4v) is 6.31. The van der Waals surface area contributed by atoms with E-state index in [2.05, 4.69) is 59.2 Å². The number of anilines is 4. The van der Waals surface area contributed by atoms with Crippen molar-refractivity contribution in [2.75, 3.05) is 22.1 Å². The number of nitrogen functional groups attached to an aromatic ring is 2. The maximum absolute atomic E-state index is 13.1. The van der Waals surface area contributed by atoms with Gasteiger partial charge in [-0.3, -0.25) is 9.59 Å². The number of rotatable bonds is 6. The number of carbonyl (C=O) groups excluding carboxylic acids is 2. The van der Waals surface area contributed by atoms with Gasteiger partial charge in [-0.05, 0) is 106 Å². The Labute approximate surface area is 261 Å². The summed E-state index contributed by atoms with van der Waals surface area (Å²) in [5.41, 5.74) is 21.3. The Kier molecular flexibility index (Phi) is 6.87. The average molecular weight is 587 g/mol. The summed E-state index contributed by atoms with van der Waals surface area (Å²) in [5.74, 6) is -0.409. The first-order chi connectivity index (χ1) is 21.9. The Morgan fingerprint density at radius 2 is 0.800 bits per heavy atom. The first-order valence-electron chi connectivity index (χ1n) is 14.7. The van der Waals surface area contributed by atoms with Gasteiger partial charge in [0.1, 0.15) is 0 Å². The molecule has 0 spiro atoms. The molecule has 0 aromatic heterocycles. The summed E-state index contributed by atoms with van der Waals surface area (Å²) < 4.78 is 0. The van der Waals surface area contributed by atoms with Crippen LogP contribution in [-0.2, 0) is 5.41 Å². The number of carbonyl (C=O) groups is 2. The van der Waals surface area contributed by atoms with Crippen molar-refractivity contribution in [2.24, 2.45) is 0 Å². The first kappa shape index (κ1) is 27.7. The molecule has 0 radical (unpaired) electrons. The highest BCUT2D eigenvalue weighted by Gasteiger charge is 2.45. The van der Waals surface area contributed by atoms with E-state index in [1.807, 2.05) is 48.5 Å². The molecule has 0 atom stereocenters. The van der Waals surface area contributed by atoms with E-state index in [1.54, 1.807) is 48.5 Å². The van der Waals surface area contributed by atoms with E-state index in [0.717, 1.165) is 33.4 Å². The van der Waals surface area contributed by atoms with E-state index in [4.69, 9.17) is 11.5 Å². The van der Waals surface area contributed by atoms with Crippen molar-refractivity contribution in [1.29, 1.82) is 0 Å². The molecule has 45 heavy (non-hydrogen) atoms. The second-order valence-corrected chi connectivity index (χ2v) is 11.1. The van der Waals surface area contributed by atoms with E-state index < -0.39 is 5.41 Å². The Hall–Kier alpha value is -6.14. The largest absolute Gasteiger partial charge is 0.399 e. The van der Waals surface area contributed by atoms with Crippen LogP contribution in [0.15, 0.2) is 146 Å². The molecule has 0 heterocycles. The van der Waals surface area contributed by atoms with E-state index >= 15 is 0 Å². The van der Waals surface area contributed by atoms with Crippen LogP contribution in [0, 0.1) is 0 Å². The van der Waals surface area contributed by atoms with Crippen molar-refractivity contribution in [1.82, 2.24) is 0 Å². The van der Waals surface area contributed by atoms with Gasteiger partial charge in [0.15, 0.2) is 0 Å². The number of benzene rings is 6. The third kappa shape index (κ3) is 4.88. The zero-order valence-electron chi connectivity index (χ0n) is 24.3. The fourth-order valence-electron chi connectivity index (χ4n) is 6.31. The van der Waals surface area contributed by atoms with E-state index in [1.165, 1.54) is 0 Å². The maximum Gasteiger partial charge on any atom is 0.255 e. The van der Waals surface area contributed by atoms with Crippen molar-refractivity contribution in [3.05, 3.63) is 179 Å². The van der Waals surface area contributed by atoms with Crippen LogP contribution in [0.4, 0.5) is 22.7 Å². The van der Waals surface area contributed by atoms with E-state index in [9.17, 15) is 9.59 Å². The van der Waals surface area contributed by atoms with Crippen molar-refractivity contribution >= 4 is 34.6 Å². The van der Waals surface area contributed by atoms with Crippen LogP contribution in [0.25, 0.3) is 11.1 Å². The quantitative estimate of drug-likeness (QED) is 0.150.